The molecule has 102 valence electrons. The van der Waals surface area contributed by atoms with Gasteiger partial charge in [0.2, 0.25) is 11.8 Å². The van der Waals surface area contributed by atoms with Crippen molar-refractivity contribution in [3.8, 4) is 0 Å². The molecular weight excluding hydrogens is 232 g/mol. The zero-order chi connectivity index (χ0) is 13.2. The number of amides is 2. The van der Waals surface area contributed by atoms with Crippen LogP contribution in [0.4, 0.5) is 0 Å². The summed E-state index contributed by atoms with van der Waals surface area (Å²) in [5, 5.41) is 2.80. The van der Waals surface area contributed by atoms with Gasteiger partial charge in [0, 0.05) is 32.7 Å². The zero-order valence-electron chi connectivity index (χ0n) is 11.2. The molecule has 1 saturated heterocycles. The second-order valence-electron chi connectivity index (χ2n) is 5.41. The molecule has 1 saturated carbocycles. The third-order valence-electron chi connectivity index (χ3n) is 4.18. The fraction of sp³-hybridized carbons (Fsp3) is 0.846. The van der Waals surface area contributed by atoms with E-state index < -0.39 is 0 Å². The Morgan fingerprint density at radius 2 is 2.28 bits per heavy atom. The Morgan fingerprint density at radius 3 is 2.83 bits per heavy atom. The molecule has 0 aromatic heterocycles. The monoisotopic (exact) mass is 254 g/mol. The van der Waals surface area contributed by atoms with Gasteiger partial charge in [-0.15, -0.1) is 0 Å². The molecule has 5 nitrogen and oxygen atoms in total. The largest absolute Gasteiger partial charge is 0.378 e. The van der Waals surface area contributed by atoms with E-state index >= 15 is 0 Å². The lowest BCUT2D eigenvalue weighted by Gasteiger charge is -2.41. The van der Waals surface area contributed by atoms with E-state index in [0.717, 1.165) is 19.3 Å². The quantitative estimate of drug-likeness (QED) is 0.806. The van der Waals surface area contributed by atoms with Gasteiger partial charge in [-0.1, -0.05) is 0 Å². The van der Waals surface area contributed by atoms with Crippen molar-refractivity contribution < 1.29 is 14.3 Å². The molecule has 0 bridgehead atoms. The second kappa shape index (κ2) is 5.26. The standard InChI is InChI=1S/C13H22N2O3/c1-10-8-11(16)14-6-7-15(10)12(17)9-13(18-2)4-3-5-13/h10H,3-9H2,1-2H3,(H,14,16). The molecule has 18 heavy (non-hydrogen) atoms. The smallest absolute Gasteiger partial charge is 0.225 e. The van der Waals surface area contributed by atoms with Crippen LogP contribution in [0.25, 0.3) is 0 Å². The molecule has 0 radical (unpaired) electrons. The van der Waals surface area contributed by atoms with E-state index in [-0.39, 0.29) is 23.5 Å². The van der Waals surface area contributed by atoms with Crippen LogP contribution in [0.2, 0.25) is 0 Å². The summed E-state index contributed by atoms with van der Waals surface area (Å²) in [5.74, 6) is 0.142. The molecule has 0 aromatic carbocycles. The van der Waals surface area contributed by atoms with Crippen molar-refractivity contribution in [2.75, 3.05) is 20.2 Å². The van der Waals surface area contributed by atoms with Gasteiger partial charge in [0.25, 0.3) is 0 Å². The maximum Gasteiger partial charge on any atom is 0.225 e. The van der Waals surface area contributed by atoms with Crippen molar-refractivity contribution in [1.82, 2.24) is 10.2 Å². The number of ether oxygens (including phenoxy) is 1. The SMILES string of the molecule is COC1(CC(=O)N2CCNC(=O)CC2C)CCC1. The Hall–Kier alpha value is -1.10. The van der Waals surface area contributed by atoms with Crippen LogP contribution in [-0.2, 0) is 14.3 Å². The van der Waals surface area contributed by atoms with E-state index in [2.05, 4.69) is 5.32 Å². The Labute approximate surface area is 108 Å². The number of hydrogen-bond acceptors (Lipinski definition) is 3. The molecule has 1 aliphatic heterocycles. The number of hydrogen-bond donors (Lipinski definition) is 1. The normalized spacial score (nSPS) is 27.1. The van der Waals surface area contributed by atoms with E-state index in [1.54, 1.807) is 7.11 Å². The van der Waals surface area contributed by atoms with Gasteiger partial charge in [-0.25, -0.2) is 0 Å². The molecule has 0 aromatic rings. The van der Waals surface area contributed by atoms with Gasteiger partial charge in [-0.05, 0) is 26.2 Å². The fourth-order valence-electron chi connectivity index (χ4n) is 2.76. The van der Waals surface area contributed by atoms with Crippen molar-refractivity contribution in [2.45, 2.75) is 50.7 Å². The lowest BCUT2D eigenvalue weighted by atomic mass is 9.77. The van der Waals surface area contributed by atoms with Crippen LogP contribution in [0.1, 0.15) is 39.0 Å². The average Bonchev–Trinajstić information content (AvgIpc) is 2.44. The first-order valence-corrected chi connectivity index (χ1v) is 6.68. The van der Waals surface area contributed by atoms with Crippen molar-refractivity contribution in [3.63, 3.8) is 0 Å². The summed E-state index contributed by atoms with van der Waals surface area (Å²) in [6.07, 6.45) is 3.91. The summed E-state index contributed by atoms with van der Waals surface area (Å²) >= 11 is 0. The second-order valence-corrected chi connectivity index (χ2v) is 5.41. The van der Waals surface area contributed by atoms with E-state index in [9.17, 15) is 9.59 Å². The Balaban J connectivity index is 1.97. The highest BCUT2D eigenvalue weighted by Crippen LogP contribution is 2.38. The highest BCUT2D eigenvalue weighted by Gasteiger charge is 2.40. The van der Waals surface area contributed by atoms with E-state index in [1.807, 2.05) is 11.8 Å². The van der Waals surface area contributed by atoms with Gasteiger partial charge in [0.1, 0.15) is 0 Å². The molecule has 5 heteroatoms. The first kappa shape index (κ1) is 13.3. The summed E-state index contributed by atoms with van der Waals surface area (Å²) in [5.41, 5.74) is -0.236. The molecule has 1 N–H and O–H groups in total. The lowest BCUT2D eigenvalue weighted by molar-refractivity contribution is -0.145. The van der Waals surface area contributed by atoms with Crippen LogP contribution >= 0.6 is 0 Å². The molecule has 0 spiro atoms. The first-order chi connectivity index (χ1) is 8.56. The fourth-order valence-corrected chi connectivity index (χ4v) is 2.76. The van der Waals surface area contributed by atoms with Crippen molar-refractivity contribution in [1.29, 1.82) is 0 Å². The average molecular weight is 254 g/mol. The molecule has 1 aliphatic carbocycles. The molecule has 1 unspecified atom stereocenters. The summed E-state index contributed by atoms with van der Waals surface area (Å²) in [4.78, 5) is 25.6. The van der Waals surface area contributed by atoms with Gasteiger partial charge in [-0.2, -0.15) is 0 Å². The van der Waals surface area contributed by atoms with E-state index in [4.69, 9.17) is 4.74 Å². The molecule has 2 aliphatic rings. The Bertz CT molecular complexity index is 334. The number of rotatable bonds is 3. The predicted molar refractivity (Wildman–Crippen MR) is 67.0 cm³/mol. The van der Waals surface area contributed by atoms with E-state index in [1.165, 1.54) is 0 Å². The third-order valence-corrected chi connectivity index (χ3v) is 4.18. The van der Waals surface area contributed by atoms with Crippen LogP contribution in [0.3, 0.4) is 0 Å². The van der Waals surface area contributed by atoms with Crippen LogP contribution in [0.5, 0.6) is 0 Å². The number of carbonyl (C=O) groups excluding carboxylic acids is 2. The van der Waals surface area contributed by atoms with Crippen molar-refractivity contribution >= 4 is 11.8 Å². The van der Waals surface area contributed by atoms with Gasteiger partial charge in [0.15, 0.2) is 0 Å². The number of nitrogens with one attached hydrogen (secondary N) is 1. The van der Waals surface area contributed by atoms with Crippen molar-refractivity contribution in [2.24, 2.45) is 0 Å². The van der Waals surface area contributed by atoms with Gasteiger partial charge < -0.3 is 15.0 Å². The number of methoxy groups -OCH3 is 1. The first-order valence-electron chi connectivity index (χ1n) is 6.68. The molecule has 2 fully saturated rings. The number of carbonyl (C=O) groups is 2. The summed E-state index contributed by atoms with van der Waals surface area (Å²) in [6, 6.07) is -0.0195. The summed E-state index contributed by atoms with van der Waals surface area (Å²) in [7, 11) is 1.68. The Morgan fingerprint density at radius 1 is 1.56 bits per heavy atom. The van der Waals surface area contributed by atoms with Crippen LogP contribution in [0, 0.1) is 0 Å². The summed E-state index contributed by atoms with van der Waals surface area (Å²) in [6.45, 7) is 3.09. The van der Waals surface area contributed by atoms with E-state index in [0.29, 0.717) is 25.9 Å². The molecule has 2 amide bonds. The highest BCUT2D eigenvalue weighted by molar-refractivity contribution is 5.81. The van der Waals surface area contributed by atoms with Crippen LogP contribution in [-0.4, -0.2) is 48.6 Å². The maximum absolute atomic E-state index is 12.3. The summed E-state index contributed by atoms with van der Waals surface area (Å²) < 4.78 is 5.49. The molecule has 1 heterocycles. The lowest BCUT2D eigenvalue weighted by Crippen LogP contribution is -2.47. The number of nitrogens with zero attached hydrogens (tertiary/aromatic N) is 1. The minimum Gasteiger partial charge on any atom is -0.378 e. The van der Waals surface area contributed by atoms with Crippen LogP contribution < -0.4 is 5.32 Å². The molecule has 2 rings (SSSR count). The highest BCUT2D eigenvalue weighted by atomic mass is 16.5. The molecular formula is C13H22N2O3. The minimum absolute atomic E-state index is 0.0195. The van der Waals surface area contributed by atoms with Crippen molar-refractivity contribution in [3.05, 3.63) is 0 Å². The maximum atomic E-state index is 12.3. The van der Waals surface area contributed by atoms with Crippen LogP contribution in [0.15, 0.2) is 0 Å². The molecule has 1 atom stereocenters. The van der Waals surface area contributed by atoms with Gasteiger partial charge >= 0.3 is 0 Å². The predicted octanol–water partition coefficient (Wildman–Crippen LogP) is 0.683. The van der Waals surface area contributed by atoms with Gasteiger partial charge in [0.05, 0.1) is 12.0 Å². The van der Waals surface area contributed by atoms with Gasteiger partial charge in [-0.3, -0.25) is 9.59 Å². The Kier molecular flexibility index (Phi) is 3.90. The zero-order valence-corrected chi connectivity index (χ0v) is 11.2. The third kappa shape index (κ3) is 2.66. The topological polar surface area (TPSA) is 58.6 Å². The minimum atomic E-state index is -0.236.